The van der Waals surface area contributed by atoms with Gasteiger partial charge in [0.05, 0.1) is 19.3 Å². The number of aromatic nitrogens is 2. The van der Waals surface area contributed by atoms with Gasteiger partial charge in [0.15, 0.2) is 5.03 Å². The smallest absolute Gasteiger partial charge is 0.340 e. The van der Waals surface area contributed by atoms with Gasteiger partial charge in [-0.3, -0.25) is 14.7 Å². The van der Waals surface area contributed by atoms with Crippen molar-refractivity contribution in [2.45, 2.75) is 5.03 Å². The molecule has 0 radical (unpaired) electrons. The lowest BCUT2D eigenvalue weighted by Crippen LogP contribution is -2.43. The summed E-state index contributed by atoms with van der Waals surface area (Å²) in [5, 5.41) is 13.4. The minimum Gasteiger partial charge on any atom is -0.478 e. The fourth-order valence-corrected chi connectivity index (χ4v) is 2.76. The van der Waals surface area contributed by atoms with Crippen LogP contribution in [0.5, 0.6) is 0 Å². The summed E-state index contributed by atoms with van der Waals surface area (Å²) in [6.45, 7) is -1.66. The Morgan fingerprint density at radius 3 is 2.15 bits per heavy atom. The van der Waals surface area contributed by atoms with Crippen LogP contribution in [0.4, 0.5) is 0 Å². The molecule has 0 saturated heterocycles. The number of nitrogens with zero attached hydrogens (tertiary/aromatic N) is 2. The van der Waals surface area contributed by atoms with Crippen LogP contribution in [0.25, 0.3) is 0 Å². The zero-order chi connectivity index (χ0) is 15.5. The number of carboxylic acids is 1. The number of carboxylic acid groups (broad SMARTS) is 1. The normalized spacial score (nSPS) is 11.4. The Balaban J connectivity index is 3.28. The summed E-state index contributed by atoms with van der Waals surface area (Å²) in [6, 6.07) is 0. The first-order valence-electron chi connectivity index (χ1n) is 4.99. The molecule has 1 heterocycles. The number of hydrogen-bond donors (Lipinski definition) is 4. The van der Waals surface area contributed by atoms with Gasteiger partial charge in [-0.05, 0) is 0 Å². The van der Waals surface area contributed by atoms with Gasteiger partial charge in [-0.2, -0.15) is 9.40 Å². The SMILES string of the molecule is NC(=O)CN(CC(N)=O)S(=O)(=O)c1[nH]ncc1C(=O)O. The molecule has 0 aliphatic rings. The van der Waals surface area contributed by atoms with Gasteiger partial charge in [0.1, 0.15) is 5.56 Å². The third-order valence-electron chi connectivity index (χ3n) is 2.10. The molecule has 0 spiro atoms. The Morgan fingerprint density at radius 1 is 1.25 bits per heavy atom. The Labute approximate surface area is 112 Å². The highest BCUT2D eigenvalue weighted by atomic mass is 32.2. The van der Waals surface area contributed by atoms with E-state index >= 15 is 0 Å². The molecular weight excluding hydrogens is 294 g/mol. The Hall–Kier alpha value is -2.47. The number of sulfonamides is 1. The Bertz CT molecular complexity index is 634. The largest absolute Gasteiger partial charge is 0.478 e. The number of aromatic amines is 1. The van der Waals surface area contributed by atoms with E-state index in [9.17, 15) is 22.8 Å². The number of amides is 2. The van der Waals surface area contributed by atoms with E-state index in [1.807, 2.05) is 5.10 Å². The standard InChI is InChI=1S/C8H11N5O6S/c9-5(14)2-13(3-6(10)15)20(18,19)7-4(8(16)17)1-11-12-7/h1H,2-3H2,(H2,9,14)(H2,10,15)(H,11,12)(H,16,17). The predicted molar refractivity (Wildman–Crippen MR) is 62.7 cm³/mol. The number of carbonyl (C=O) groups is 3. The predicted octanol–water partition coefficient (Wildman–Crippen LogP) is -2.93. The number of nitrogens with one attached hydrogen (secondary N) is 1. The average molecular weight is 305 g/mol. The molecule has 1 rings (SSSR count). The highest BCUT2D eigenvalue weighted by Crippen LogP contribution is 2.17. The third-order valence-corrected chi connectivity index (χ3v) is 3.86. The lowest BCUT2D eigenvalue weighted by Gasteiger charge is -2.18. The van der Waals surface area contributed by atoms with E-state index in [1.165, 1.54) is 0 Å². The molecule has 0 bridgehead atoms. The van der Waals surface area contributed by atoms with Gasteiger partial charge in [0, 0.05) is 0 Å². The van der Waals surface area contributed by atoms with E-state index in [2.05, 4.69) is 5.10 Å². The summed E-state index contributed by atoms with van der Waals surface area (Å²) in [4.78, 5) is 32.6. The summed E-state index contributed by atoms with van der Waals surface area (Å²) in [7, 11) is -4.49. The first kappa shape index (κ1) is 15.6. The molecule has 0 aromatic carbocycles. The van der Waals surface area contributed by atoms with Crippen molar-refractivity contribution >= 4 is 27.8 Å². The molecule has 2 amide bonds. The van der Waals surface area contributed by atoms with E-state index < -0.39 is 51.5 Å². The van der Waals surface area contributed by atoms with Crippen LogP contribution in [0.1, 0.15) is 10.4 Å². The summed E-state index contributed by atoms with van der Waals surface area (Å²) in [6.07, 6.45) is 0.780. The lowest BCUT2D eigenvalue weighted by molar-refractivity contribution is -0.120. The maximum absolute atomic E-state index is 12.2. The van der Waals surface area contributed by atoms with Gasteiger partial charge in [-0.25, -0.2) is 13.2 Å². The molecule has 0 unspecified atom stereocenters. The third kappa shape index (κ3) is 3.30. The number of primary amides is 2. The van der Waals surface area contributed by atoms with Gasteiger partial charge in [-0.1, -0.05) is 0 Å². The van der Waals surface area contributed by atoms with Crippen molar-refractivity contribution in [3.63, 3.8) is 0 Å². The highest BCUT2D eigenvalue weighted by molar-refractivity contribution is 7.89. The minimum atomic E-state index is -4.49. The van der Waals surface area contributed by atoms with E-state index in [0.717, 1.165) is 6.20 Å². The molecule has 0 aliphatic heterocycles. The first-order chi connectivity index (χ1) is 9.16. The fraction of sp³-hybridized carbons (Fsp3) is 0.250. The molecule has 6 N–H and O–H groups in total. The minimum absolute atomic E-state index is 0.359. The molecule has 0 aliphatic carbocycles. The number of nitrogens with two attached hydrogens (primary N) is 2. The molecule has 110 valence electrons. The van der Waals surface area contributed by atoms with Crippen LogP contribution < -0.4 is 11.5 Å². The maximum atomic E-state index is 12.2. The second kappa shape index (κ2) is 5.66. The number of hydrogen-bond acceptors (Lipinski definition) is 6. The number of aromatic carboxylic acids is 1. The van der Waals surface area contributed by atoms with Crippen molar-refractivity contribution in [2.75, 3.05) is 13.1 Å². The maximum Gasteiger partial charge on any atom is 0.340 e. The Kier molecular flexibility index (Phi) is 4.41. The van der Waals surface area contributed by atoms with Crippen molar-refractivity contribution < 1.29 is 27.9 Å². The zero-order valence-electron chi connectivity index (χ0n) is 9.94. The van der Waals surface area contributed by atoms with Gasteiger partial charge in [0.2, 0.25) is 11.8 Å². The summed E-state index contributed by atoms with van der Waals surface area (Å²) in [5.41, 5.74) is 9.12. The zero-order valence-corrected chi connectivity index (χ0v) is 10.8. The van der Waals surface area contributed by atoms with Crippen molar-refractivity contribution in [1.82, 2.24) is 14.5 Å². The van der Waals surface area contributed by atoms with Gasteiger partial charge in [-0.15, -0.1) is 0 Å². The number of H-pyrrole nitrogens is 1. The fourth-order valence-electron chi connectivity index (χ4n) is 1.33. The summed E-state index contributed by atoms with van der Waals surface area (Å²) < 4.78 is 24.7. The van der Waals surface area contributed by atoms with Crippen LogP contribution in [-0.2, 0) is 19.6 Å². The molecule has 11 nitrogen and oxygen atoms in total. The molecule has 12 heteroatoms. The van der Waals surface area contributed by atoms with Crippen LogP contribution in [-0.4, -0.2) is 58.9 Å². The lowest BCUT2D eigenvalue weighted by atomic mass is 10.4. The molecule has 20 heavy (non-hydrogen) atoms. The molecule has 1 aromatic heterocycles. The number of rotatable bonds is 7. The quantitative estimate of drug-likeness (QED) is 0.414. The van der Waals surface area contributed by atoms with E-state index in [4.69, 9.17) is 16.6 Å². The van der Waals surface area contributed by atoms with Crippen LogP contribution >= 0.6 is 0 Å². The van der Waals surface area contributed by atoms with Gasteiger partial charge in [0.25, 0.3) is 10.0 Å². The second-order valence-corrected chi connectivity index (χ2v) is 5.50. The summed E-state index contributed by atoms with van der Waals surface area (Å²) in [5.74, 6) is -3.62. The van der Waals surface area contributed by atoms with Crippen LogP contribution in [0.2, 0.25) is 0 Å². The van der Waals surface area contributed by atoms with Crippen molar-refractivity contribution in [3.8, 4) is 0 Å². The van der Waals surface area contributed by atoms with Crippen molar-refractivity contribution in [1.29, 1.82) is 0 Å². The molecule has 0 saturated carbocycles. The molecule has 1 aromatic rings. The second-order valence-electron chi connectivity index (χ2n) is 3.62. The number of carbonyl (C=O) groups excluding carboxylic acids is 2. The monoisotopic (exact) mass is 305 g/mol. The molecule has 0 atom stereocenters. The average Bonchev–Trinajstić information content (AvgIpc) is 2.76. The highest BCUT2D eigenvalue weighted by Gasteiger charge is 2.32. The van der Waals surface area contributed by atoms with Crippen LogP contribution in [0, 0.1) is 0 Å². The van der Waals surface area contributed by atoms with E-state index in [0.29, 0.717) is 4.31 Å². The first-order valence-corrected chi connectivity index (χ1v) is 6.43. The van der Waals surface area contributed by atoms with Crippen molar-refractivity contribution in [3.05, 3.63) is 11.8 Å². The molecule has 0 fully saturated rings. The topological polar surface area (TPSA) is 190 Å². The van der Waals surface area contributed by atoms with Crippen LogP contribution in [0.3, 0.4) is 0 Å². The van der Waals surface area contributed by atoms with E-state index in [1.54, 1.807) is 0 Å². The Morgan fingerprint density at radius 2 is 1.75 bits per heavy atom. The molecular formula is C8H11N5O6S. The summed E-state index contributed by atoms with van der Waals surface area (Å²) >= 11 is 0. The van der Waals surface area contributed by atoms with Crippen molar-refractivity contribution in [2.24, 2.45) is 11.5 Å². The van der Waals surface area contributed by atoms with Gasteiger partial charge < -0.3 is 16.6 Å². The van der Waals surface area contributed by atoms with Gasteiger partial charge >= 0.3 is 5.97 Å². The van der Waals surface area contributed by atoms with Crippen LogP contribution in [0.15, 0.2) is 11.2 Å². The van der Waals surface area contributed by atoms with E-state index in [-0.39, 0.29) is 0 Å².